The number of hydrogen-bond acceptors (Lipinski definition) is 2. The Morgan fingerprint density at radius 2 is 1.45 bits per heavy atom. The van der Waals surface area contributed by atoms with Gasteiger partial charge in [-0.1, -0.05) is 23.2 Å². The second-order valence-electron chi connectivity index (χ2n) is 5.49. The van der Waals surface area contributed by atoms with Gasteiger partial charge in [0.1, 0.15) is 11.4 Å². The molecule has 2 rings (SSSR count). The molecule has 0 radical (unpaired) electrons. The van der Waals surface area contributed by atoms with Crippen molar-refractivity contribution in [3.8, 4) is 5.75 Å². The van der Waals surface area contributed by atoms with Gasteiger partial charge in [-0.2, -0.15) is 0 Å². The van der Waals surface area contributed by atoms with Crippen molar-refractivity contribution in [3.05, 3.63) is 52.5 Å². The summed E-state index contributed by atoms with van der Waals surface area (Å²) in [5, 5.41) is 4.34. The van der Waals surface area contributed by atoms with E-state index in [2.05, 4.69) is 5.32 Å². The topological polar surface area (TPSA) is 21.3 Å². The van der Waals surface area contributed by atoms with Crippen LogP contribution in [0.15, 0.2) is 42.5 Å². The van der Waals surface area contributed by atoms with Crippen LogP contribution in [0.1, 0.15) is 20.8 Å². The maximum Gasteiger partial charge on any atom is 0.120 e. The Hall–Kier alpha value is -1.38. The number of hydrogen-bond donors (Lipinski definition) is 1. The Morgan fingerprint density at radius 3 is 2.00 bits per heavy atom. The molecule has 0 heterocycles. The molecule has 0 unspecified atom stereocenters. The molecule has 0 amide bonds. The Labute approximate surface area is 129 Å². The monoisotopic (exact) mass is 309 g/mol. The molecule has 2 aromatic rings. The highest BCUT2D eigenvalue weighted by Crippen LogP contribution is 2.28. The van der Waals surface area contributed by atoms with Gasteiger partial charge in [0.05, 0.1) is 10.0 Å². The van der Waals surface area contributed by atoms with Crippen molar-refractivity contribution in [2.24, 2.45) is 0 Å². The fourth-order valence-electron chi connectivity index (χ4n) is 1.70. The minimum absolute atomic E-state index is 0.196. The van der Waals surface area contributed by atoms with Gasteiger partial charge >= 0.3 is 0 Å². The first-order valence-corrected chi connectivity index (χ1v) is 7.10. The molecule has 0 spiro atoms. The third-order valence-electron chi connectivity index (χ3n) is 2.49. The summed E-state index contributed by atoms with van der Waals surface area (Å²) in [4.78, 5) is 0. The molecule has 0 aliphatic heterocycles. The van der Waals surface area contributed by atoms with Crippen LogP contribution >= 0.6 is 23.2 Å². The maximum atomic E-state index is 5.99. The van der Waals surface area contributed by atoms with Gasteiger partial charge in [0.2, 0.25) is 0 Å². The van der Waals surface area contributed by atoms with Crippen molar-refractivity contribution >= 4 is 34.6 Å². The third kappa shape index (κ3) is 4.32. The molecule has 1 N–H and O–H groups in total. The Balaban J connectivity index is 2.08. The van der Waals surface area contributed by atoms with E-state index in [0.29, 0.717) is 10.0 Å². The van der Waals surface area contributed by atoms with Crippen molar-refractivity contribution in [1.82, 2.24) is 0 Å². The van der Waals surface area contributed by atoms with Gasteiger partial charge in [-0.3, -0.25) is 0 Å². The molecule has 0 saturated carbocycles. The van der Waals surface area contributed by atoms with Crippen LogP contribution in [-0.2, 0) is 0 Å². The fourth-order valence-corrected chi connectivity index (χ4v) is 2.00. The van der Waals surface area contributed by atoms with E-state index in [1.807, 2.05) is 51.1 Å². The van der Waals surface area contributed by atoms with Crippen molar-refractivity contribution in [3.63, 3.8) is 0 Å². The molecule has 2 nitrogen and oxygen atoms in total. The predicted molar refractivity (Wildman–Crippen MR) is 86.6 cm³/mol. The van der Waals surface area contributed by atoms with Crippen molar-refractivity contribution < 1.29 is 4.74 Å². The molecule has 2 aromatic carbocycles. The van der Waals surface area contributed by atoms with E-state index in [1.165, 1.54) is 0 Å². The molecule has 20 heavy (non-hydrogen) atoms. The van der Waals surface area contributed by atoms with Crippen LogP contribution in [0.4, 0.5) is 11.4 Å². The molecule has 0 bridgehead atoms. The average Bonchev–Trinajstić information content (AvgIpc) is 2.35. The number of anilines is 2. The second kappa shape index (κ2) is 5.94. The molecular weight excluding hydrogens is 293 g/mol. The second-order valence-corrected chi connectivity index (χ2v) is 6.31. The highest BCUT2D eigenvalue weighted by atomic mass is 35.5. The summed E-state index contributed by atoms with van der Waals surface area (Å²) in [7, 11) is 0. The molecule has 0 fully saturated rings. The summed E-state index contributed by atoms with van der Waals surface area (Å²) in [5.74, 6) is 0.845. The fraction of sp³-hybridized carbons (Fsp3) is 0.250. The minimum Gasteiger partial charge on any atom is -0.488 e. The van der Waals surface area contributed by atoms with Crippen LogP contribution in [0.2, 0.25) is 10.0 Å². The van der Waals surface area contributed by atoms with E-state index >= 15 is 0 Å². The standard InChI is InChI=1S/C16H17Cl2NO/c1-16(2,3)20-13-7-4-11(5-8-13)19-12-6-9-14(17)15(18)10-12/h4-10,19H,1-3H3. The molecule has 0 atom stereocenters. The van der Waals surface area contributed by atoms with E-state index in [9.17, 15) is 0 Å². The van der Waals surface area contributed by atoms with Gasteiger partial charge < -0.3 is 10.1 Å². The zero-order valence-corrected chi connectivity index (χ0v) is 13.2. The van der Waals surface area contributed by atoms with Gasteiger partial charge in [0.15, 0.2) is 0 Å². The lowest BCUT2D eigenvalue weighted by atomic mass is 10.2. The summed E-state index contributed by atoms with van der Waals surface area (Å²) in [6.07, 6.45) is 0. The number of benzene rings is 2. The number of nitrogens with one attached hydrogen (secondary N) is 1. The molecular formula is C16H17Cl2NO. The SMILES string of the molecule is CC(C)(C)Oc1ccc(Nc2ccc(Cl)c(Cl)c2)cc1. The molecule has 0 aliphatic carbocycles. The molecule has 0 aromatic heterocycles. The van der Waals surface area contributed by atoms with Crippen molar-refractivity contribution in [2.45, 2.75) is 26.4 Å². The normalized spacial score (nSPS) is 11.2. The lowest BCUT2D eigenvalue weighted by molar-refractivity contribution is 0.131. The number of rotatable bonds is 3. The highest BCUT2D eigenvalue weighted by molar-refractivity contribution is 6.42. The van der Waals surface area contributed by atoms with Gasteiger partial charge in [0.25, 0.3) is 0 Å². The van der Waals surface area contributed by atoms with E-state index in [0.717, 1.165) is 17.1 Å². The largest absolute Gasteiger partial charge is 0.488 e. The van der Waals surface area contributed by atoms with E-state index in [4.69, 9.17) is 27.9 Å². The van der Waals surface area contributed by atoms with Crippen LogP contribution in [0, 0.1) is 0 Å². The molecule has 0 aliphatic rings. The first-order valence-electron chi connectivity index (χ1n) is 6.35. The quantitative estimate of drug-likeness (QED) is 0.760. The lowest BCUT2D eigenvalue weighted by Crippen LogP contribution is -2.22. The van der Waals surface area contributed by atoms with Gasteiger partial charge in [-0.05, 0) is 63.2 Å². The third-order valence-corrected chi connectivity index (χ3v) is 3.23. The summed E-state index contributed by atoms with van der Waals surface area (Å²) >= 11 is 11.9. The molecule has 0 saturated heterocycles. The Kier molecular flexibility index (Phi) is 4.46. The van der Waals surface area contributed by atoms with Crippen molar-refractivity contribution in [1.29, 1.82) is 0 Å². The Bertz CT molecular complexity index is 588. The van der Waals surface area contributed by atoms with Crippen LogP contribution in [0.3, 0.4) is 0 Å². The molecule has 4 heteroatoms. The predicted octanol–water partition coefficient (Wildman–Crippen LogP) is 5.91. The summed E-state index contributed by atoms with van der Waals surface area (Å²) in [6, 6.07) is 13.2. The van der Waals surface area contributed by atoms with Crippen molar-refractivity contribution in [2.75, 3.05) is 5.32 Å². The van der Waals surface area contributed by atoms with E-state index in [-0.39, 0.29) is 5.60 Å². The zero-order valence-electron chi connectivity index (χ0n) is 11.7. The summed E-state index contributed by atoms with van der Waals surface area (Å²) in [6.45, 7) is 6.07. The smallest absolute Gasteiger partial charge is 0.120 e. The van der Waals surface area contributed by atoms with Crippen LogP contribution < -0.4 is 10.1 Å². The average molecular weight is 310 g/mol. The van der Waals surface area contributed by atoms with Gasteiger partial charge in [-0.15, -0.1) is 0 Å². The van der Waals surface area contributed by atoms with Gasteiger partial charge in [0, 0.05) is 11.4 Å². The Morgan fingerprint density at radius 1 is 0.850 bits per heavy atom. The van der Waals surface area contributed by atoms with E-state index in [1.54, 1.807) is 12.1 Å². The zero-order chi connectivity index (χ0) is 14.8. The highest BCUT2D eigenvalue weighted by Gasteiger charge is 2.11. The summed E-state index contributed by atoms with van der Waals surface area (Å²) in [5.41, 5.74) is 1.66. The van der Waals surface area contributed by atoms with Gasteiger partial charge in [-0.25, -0.2) is 0 Å². The first kappa shape index (κ1) is 15.0. The number of ether oxygens (including phenoxy) is 1. The first-order chi connectivity index (χ1) is 9.33. The molecule has 106 valence electrons. The van der Waals surface area contributed by atoms with Crippen LogP contribution in [0.25, 0.3) is 0 Å². The van der Waals surface area contributed by atoms with E-state index < -0.39 is 0 Å². The summed E-state index contributed by atoms with van der Waals surface area (Å²) < 4.78 is 5.78. The van der Waals surface area contributed by atoms with Crippen LogP contribution in [0.5, 0.6) is 5.75 Å². The van der Waals surface area contributed by atoms with Crippen LogP contribution in [-0.4, -0.2) is 5.60 Å². The minimum atomic E-state index is -0.196. The lowest BCUT2D eigenvalue weighted by Gasteiger charge is -2.21. The maximum absolute atomic E-state index is 5.99. The number of halogens is 2.